The molecule has 0 aromatic heterocycles. The molecule has 0 aliphatic rings. The Bertz CT molecular complexity index is 705. The first-order valence-electron chi connectivity index (χ1n) is 7.82. The van der Waals surface area contributed by atoms with Crippen molar-refractivity contribution < 1.29 is 19.1 Å². The molecular formula is C18H23N3O4. The van der Waals surface area contributed by atoms with Crippen molar-refractivity contribution in [1.29, 1.82) is 5.26 Å². The maximum Gasteiger partial charge on any atom is 0.262 e. The van der Waals surface area contributed by atoms with E-state index in [9.17, 15) is 9.59 Å². The highest BCUT2D eigenvalue weighted by Crippen LogP contribution is 2.30. The molecule has 0 heterocycles. The minimum Gasteiger partial charge on any atom is -0.490 e. The molecule has 0 bridgehead atoms. The largest absolute Gasteiger partial charge is 0.490 e. The van der Waals surface area contributed by atoms with Gasteiger partial charge < -0.3 is 19.7 Å². The first-order chi connectivity index (χ1) is 11.8. The number of ether oxygens (including phenoxy) is 2. The summed E-state index contributed by atoms with van der Waals surface area (Å²) in [6.07, 6.45) is 0.788. The van der Waals surface area contributed by atoms with Crippen LogP contribution in [0.4, 0.5) is 0 Å². The van der Waals surface area contributed by atoms with Gasteiger partial charge in [-0.3, -0.25) is 9.59 Å². The summed E-state index contributed by atoms with van der Waals surface area (Å²) in [5.74, 6) is 0.216. The van der Waals surface area contributed by atoms with Crippen LogP contribution in [0.1, 0.15) is 19.4 Å². The van der Waals surface area contributed by atoms with E-state index in [2.05, 4.69) is 5.32 Å². The van der Waals surface area contributed by atoms with Crippen LogP contribution in [0.5, 0.6) is 11.5 Å². The second-order valence-corrected chi connectivity index (χ2v) is 5.38. The van der Waals surface area contributed by atoms with Gasteiger partial charge >= 0.3 is 0 Å². The van der Waals surface area contributed by atoms with Crippen molar-refractivity contribution >= 4 is 17.9 Å². The van der Waals surface area contributed by atoms with E-state index < -0.39 is 12.0 Å². The van der Waals surface area contributed by atoms with Crippen molar-refractivity contribution in [3.05, 3.63) is 29.3 Å². The Hall–Kier alpha value is -3.01. The van der Waals surface area contributed by atoms with Gasteiger partial charge in [0.25, 0.3) is 11.8 Å². The minimum absolute atomic E-state index is 0.0187. The fraction of sp³-hybridized carbons (Fsp3) is 0.389. The number of nitrogens with one attached hydrogen (secondary N) is 1. The fourth-order valence-corrected chi connectivity index (χ4v) is 2.03. The number of benzene rings is 1. The SMILES string of the molecule is CCOc1cc(/C=C(\C#N)C(=O)NC)ccc1O[C@@H](C)C(=O)N(C)C. The highest BCUT2D eigenvalue weighted by atomic mass is 16.5. The van der Waals surface area contributed by atoms with Crippen LogP contribution in [-0.4, -0.2) is 50.6 Å². The zero-order chi connectivity index (χ0) is 19.0. The average molecular weight is 345 g/mol. The van der Waals surface area contributed by atoms with Gasteiger partial charge in [0.15, 0.2) is 17.6 Å². The molecule has 0 radical (unpaired) electrons. The van der Waals surface area contributed by atoms with Crippen LogP contribution in [0.25, 0.3) is 6.08 Å². The molecule has 0 unspecified atom stereocenters. The molecule has 7 heteroatoms. The number of hydrogen-bond donors (Lipinski definition) is 1. The Morgan fingerprint density at radius 2 is 2.04 bits per heavy atom. The molecule has 134 valence electrons. The zero-order valence-corrected chi connectivity index (χ0v) is 15.1. The number of nitriles is 1. The van der Waals surface area contributed by atoms with Gasteiger partial charge in [-0.15, -0.1) is 0 Å². The molecule has 0 fully saturated rings. The quantitative estimate of drug-likeness (QED) is 0.598. The van der Waals surface area contributed by atoms with Gasteiger partial charge in [0.2, 0.25) is 0 Å². The van der Waals surface area contributed by atoms with E-state index in [1.165, 1.54) is 18.0 Å². The van der Waals surface area contributed by atoms with Crippen LogP contribution in [-0.2, 0) is 9.59 Å². The Balaban J connectivity index is 3.15. The lowest BCUT2D eigenvalue weighted by molar-refractivity contribution is -0.135. The summed E-state index contributed by atoms with van der Waals surface area (Å²) in [5.41, 5.74) is 0.595. The average Bonchev–Trinajstić information content (AvgIpc) is 2.60. The predicted molar refractivity (Wildman–Crippen MR) is 94.1 cm³/mol. The van der Waals surface area contributed by atoms with E-state index in [0.717, 1.165) is 0 Å². The monoisotopic (exact) mass is 345 g/mol. The third-order valence-corrected chi connectivity index (χ3v) is 3.26. The van der Waals surface area contributed by atoms with E-state index in [4.69, 9.17) is 14.7 Å². The molecule has 25 heavy (non-hydrogen) atoms. The van der Waals surface area contributed by atoms with E-state index >= 15 is 0 Å². The smallest absolute Gasteiger partial charge is 0.262 e. The molecule has 1 rings (SSSR count). The Kier molecular flexibility index (Phi) is 7.47. The van der Waals surface area contributed by atoms with Crippen LogP contribution in [0.2, 0.25) is 0 Å². The van der Waals surface area contributed by atoms with Crippen molar-refractivity contribution in [2.75, 3.05) is 27.7 Å². The first kappa shape index (κ1) is 20.0. The van der Waals surface area contributed by atoms with E-state index in [1.807, 2.05) is 13.0 Å². The predicted octanol–water partition coefficient (Wildman–Crippen LogP) is 1.59. The highest BCUT2D eigenvalue weighted by molar-refractivity contribution is 6.01. The Labute approximate surface area is 147 Å². The number of carbonyl (C=O) groups excluding carboxylic acids is 2. The summed E-state index contributed by atoms with van der Waals surface area (Å²) >= 11 is 0. The van der Waals surface area contributed by atoms with Gasteiger partial charge in [-0.1, -0.05) is 6.07 Å². The molecule has 1 aromatic rings. The van der Waals surface area contributed by atoms with E-state index in [0.29, 0.717) is 23.7 Å². The van der Waals surface area contributed by atoms with E-state index in [-0.39, 0.29) is 11.5 Å². The van der Waals surface area contributed by atoms with Gasteiger partial charge in [-0.25, -0.2) is 0 Å². The highest BCUT2D eigenvalue weighted by Gasteiger charge is 2.19. The summed E-state index contributed by atoms with van der Waals surface area (Å²) in [6.45, 7) is 3.89. The summed E-state index contributed by atoms with van der Waals surface area (Å²) < 4.78 is 11.3. The van der Waals surface area contributed by atoms with Gasteiger partial charge in [0.05, 0.1) is 6.61 Å². The maximum atomic E-state index is 11.9. The third kappa shape index (κ3) is 5.53. The lowest BCUT2D eigenvalue weighted by atomic mass is 10.1. The molecule has 7 nitrogen and oxygen atoms in total. The number of hydrogen-bond acceptors (Lipinski definition) is 5. The summed E-state index contributed by atoms with van der Waals surface area (Å²) in [4.78, 5) is 25.0. The fourth-order valence-electron chi connectivity index (χ4n) is 2.03. The van der Waals surface area contributed by atoms with Gasteiger partial charge in [0, 0.05) is 21.1 Å². The zero-order valence-electron chi connectivity index (χ0n) is 15.1. The number of carbonyl (C=O) groups is 2. The Morgan fingerprint density at radius 3 is 2.56 bits per heavy atom. The molecule has 0 saturated carbocycles. The van der Waals surface area contributed by atoms with Gasteiger partial charge in [-0.2, -0.15) is 5.26 Å². The second-order valence-electron chi connectivity index (χ2n) is 5.38. The summed E-state index contributed by atoms with van der Waals surface area (Å²) in [5, 5.41) is 11.5. The van der Waals surface area contributed by atoms with Crippen LogP contribution >= 0.6 is 0 Å². The van der Waals surface area contributed by atoms with Crippen LogP contribution in [0.3, 0.4) is 0 Å². The summed E-state index contributed by atoms with van der Waals surface area (Å²) in [7, 11) is 4.77. The lowest BCUT2D eigenvalue weighted by Gasteiger charge is -2.20. The third-order valence-electron chi connectivity index (χ3n) is 3.26. The molecule has 0 saturated heterocycles. The van der Waals surface area contributed by atoms with Crippen LogP contribution in [0, 0.1) is 11.3 Å². The first-order valence-corrected chi connectivity index (χ1v) is 7.82. The molecule has 0 aliphatic carbocycles. The van der Waals surface area contributed by atoms with Crippen LogP contribution < -0.4 is 14.8 Å². The van der Waals surface area contributed by atoms with Crippen molar-refractivity contribution in [2.45, 2.75) is 20.0 Å². The van der Waals surface area contributed by atoms with Crippen molar-refractivity contribution in [1.82, 2.24) is 10.2 Å². The topological polar surface area (TPSA) is 91.7 Å². The Morgan fingerprint density at radius 1 is 1.36 bits per heavy atom. The van der Waals surface area contributed by atoms with Gasteiger partial charge in [-0.05, 0) is 37.6 Å². The molecule has 0 spiro atoms. The van der Waals surface area contributed by atoms with Crippen molar-refractivity contribution in [2.24, 2.45) is 0 Å². The molecule has 1 N–H and O–H groups in total. The normalized spacial score (nSPS) is 11.9. The second kappa shape index (κ2) is 9.33. The number of likely N-dealkylation sites (N-methyl/N-ethyl adjacent to an activating group) is 2. The lowest BCUT2D eigenvalue weighted by Crippen LogP contribution is -2.35. The molecule has 1 atom stereocenters. The minimum atomic E-state index is -0.670. The molecule has 2 amide bonds. The van der Waals surface area contributed by atoms with Crippen molar-refractivity contribution in [3.8, 4) is 17.6 Å². The standard InChI is InChI=1S/C18H23N3O4/c1-6-24-16-10-13(9-14(11-19)17(22)20-3)7-8-15(16)25-12(2)18(23)21(4)5/h7-10,12H,6H2,1-5H3,(H,20,22)/b14-9+/t12-/m0/s1. The number of nitrogens with zero attached hydrogens (tertiary/aromatic N) is 2. The molecule has 0 aliphatic heterocycles. The van der Waals surface area contributed by atoms with Gasteiger partial charge in [0.1, 0.15) is 11.6 Å². The number of amides is 2. The molecule has 1 aromatic carbocycles. The van der Waals surface area contributed by atoms with Crippen LogP contribution in [0.15, 0.2) is 23.8 Å². The number of rotatable bonds is 7. The molecular weight excluding hydrogens is 322 g/mol. The summed E-state index contributed by atoms with van der Waals surface area (Å²) in [6, 6.07) is 6.85. The maximum absolute atomic E-state index is 11.9. The van der Waals surface area contributed by atoms with E-state index in [1.54, 1.807) is 39.2 Å². The van der Waals surface area contributed by atoms with Crippen molar-refractivity contribution in [3.63, 3.8) is 0 Å².